The van der Waals surface area contributed by atoms with E-state index in [1.54, 1.807) is 0 Å². The molecule has 0 spiro atoms. The third-order valence-corrected chi connectivity index (χ3v) is 4.01. The Kier molecular flexibility index (Phi) is 4.00. The lowest BCUT2D eigenvalue weighted by atomic mass is 10.1. The topological polar surface area (TPSA) is 30.5 Å². The first-order valence-corrected chi connectivity index (χ1v) is 7.72. The second-order valence-corrected chi connectivity index (χ2v) is 6.02. The summed E-state index contributed by atoms with van der Waals surface area (Å²) in [4.78, 5) is 0. The maximum absolute atomic E-state index is 5.60. The maximum Gasteiger partial charge on any atom is 0.163 e. The molecule has 0 amide bonds. The van der Waals surface area contributed by atoms with Crippen molar-refractivity contribution in [3.8, 4) is 11.5 Å². The first kappa shape index (κ1) is 13.5. The van der Waals surface area contributed by atoms with E-state index in [1.807, 2.05) is 18.2 Å². The molecule has 3 nitrogen and oxygen atoms in total. The van der Waals surface area contributed by atoms with Crippen molar-refractivity contribution in [1.82, 2.24) is 0 Å². The summed E-state index contributed by atoms with van der Waals surface area (Å²) in [6.07, 6.45) is 0. The molecule has 0 aliphatic carbocycles. The Morgan fingerprint density at radius 3 is 2.45 bits per heavy atom. The summed E-state index contributed by atoms with van der Waals surface area (Å²) in [5.41, 5.74) is 2.31. The van der Waals surface area contributed by atoms with E-state index in [0.717, 1.165) is 17.2 Å². The highest BCUT2D eigenvalue weighted by molar-refractivity contribution is 14.1. The Labute approximate surface area is 132 Å². The van der Waals surface area contributed by atoms with Crippen molar-refractivity contribution in [3.05, 3.63) is 51.6 Å². The van der Waals surface area contributed by atoms with Crippen LogP contribution in [-0.4, -0.2) is 13.2 Å². The molecule has 3 rings (SSSR count). The number of hydrogen-bond donors (Lipinski definition) is 1. The van der Waals surface area contributed by atoms with Crippen LogP contribution in [-0.2, 0) is 0 Å². The molecule has 104 valence electrons. The molecule has 1 aliphatic heterocycles. The fourth-order valence-corrected chi connectivity index (χ4v) is 2.58. The van der Waals surface area contributed by atoms with Gasteiger partial charge in [-0.05, 0) is 59.3 Å². The van der Waals surface area contributed by atoms with Gasteiger partial charge in [0.05, 0.1) is 0 Å². The van der Waals surface area contributed by atoms with Gasteiger partial charge in [-0.3, -0.25) is 0 Å². The monoisotopic (exact) mass is 381 g/mol. The van der Waals surface area contributed by atoms with E-state index >= 15 is 0 Å². The van der Waals surface area contributed by atoms with Crippen LogP contribution in [0.25, 0.3) is 0 Å². The molecular weight excluding hydrogens is 365 g/mol. The van der Waals surface area contributed by atoms with E-state index in [1.165, 1.54) is 9.13 Å². The molecule has 0 saturated heterocycles. The van der Waals surface area contributed by atoms with E-state index in [4.69, 9.17) is 9.47 Å². The summed E-state index contributed by atoms with van der Waals surface area (Å²) in [5, 5.41) is 3.49. The predicted octanol–water partition coefficient (Wildman–Crippen LogP) is 4.24. The first-order valence-electron chi connectivity index (χ1n) is 6.64. The van der Waals surface area contributed by atoms with Gasteiger partial charge < -0.3 is 14.8 Å². The fraction of sp³-hybridized carbons (Fsp3) is 0.250. The smallest absolute Gasteiger partial charge is 0.163 e. The summed E-state index contributed by atoms with van der Waals surface area (Å²) in [7, 11) is 0. The van der Waals surface area contributed by atoms with E-state index in [0.29, 0.717) is 13.2 Å². The van der Waals surface area contributed by atoms with Crippen LogP contribution in [0.5, 0.6) is 11.5 Å². The van der Waals surface area contributed by atoms with Crippen molar-refractivity contribution in [1.29, 1.82) is 0 Å². The van der Waals surface area contributed by atoms with Crippen LogP contribution < -0.4 is 14.8 Å². The lowest BCUT2D eigenvalue weighted by Crippen LogP contribution is -2.15. The van der Waals surface area contributed by atoms with Gasteiger partial charge in [0.15, 0.2) is 11.5 Å². The number of anilines is 1. The third-order valence-electron chi connectivity index (χ3n) is 3.30. The van der Waals surface area contributed by atoms with Crippen LogP contribution in [0.1, 0.15) is 18.5 Å². The van der Waals surface area contributed by atoms with Crippen LogP contribution in [0.2, 0.25) is 0 Å². The number of benzene rings is 2. The molecule has 0 aromatic heterocycles. The normalized spacial score (nSPS) is 14.7. The Bertz CT molecular complexity index is 598. The second-order valence-electron chi connectivity index (χ2n) is 4.78. The van der Waals surface area contributed by atoms with Gasteiger partial charge in [-0.25, -0.2) is 0 Å². The summed E-state index contributed by atoms with van der Waals surface area (Å²) in [5.74, 6) is 1.64. The van der Waals surface area contributed by atoms with E-state index in [9.17, 15) is 0 Å². The minimum absolute atomic E-state index is 0.245. The SMILES string of the molecule is CC(Nc1ccc2c(c1)OCCO2)c1ccc(I)cc1. The van der Waals surface area contributed by atoms with Gasteiger partial charge >= 0.3 is 0 Å². The number of fused-ring (bicyclic) bond motifs is 1. The largest absolute Gasteiger partial charge is 0.486 e. The van der Waals surface area contributed by atoms with Crippen molar-refractivity contribution in [2.75, 3.05) is 18.5 Å². The number of nitrogens with one attached hydrogen (secondary N) is 1. The Hall–Kier alpha value is -1.43. The van der Waals surface area contributed by atoms with Crippen molar-refractivity contribution in [2.45, 2.75) is 13.0 Å². The number of rotatable bonds is 3. The number of halogens is 1. The van der Waals surface area contributed by atoms with Gasteiger partial charge in [-0.15, -0.1) is 0 Å². The molecule has 1 unspecified atom stereocenters. The quantitative estimate of drug-likeness (QED) is 0.808. The van der Waals surface area contributed by atoms with Crippen LogP contribution in [0.3, 0.4) is 0 Å². The molecule has 0 saturated carbocycles. The molecule has 0 radical (unpaired) electrons. The van der Waals surface area contributed by atoms with E-state index in [2.05, 4.69) is 59.1 Å². The standard InChI is InChI=1S/C16H16INO2/c1-11(12-2-4-13(17)5-3-12)18-14-6-7-15-16(10-14)20-9-8-19-15/h2-7,10-11,18H,8-9H2,1H3. The lowest BCUT2D eigenvalue weighted by molar-refractivity contribution is 0.171. The highest BCUT2D eigenvalue weighted by Gasteiger charge is 2.13. The molecular formula is C16H16INO2. The minimum Gasteiger partial charge on any atom is -0.486 e. The highest BCUT2D eigenvalue weighted by Crippen LogP contribution is 2.33. The number of hydrogen-bond acceptors (Lipinski definition) is 3. The molecule has 2 aromatic rings. The highest BCUT2D eigenvalue weighted by atomic mass is 127. The van der Waals surface area contributed by atoms with Crippen LogP contribution in [0, 0.1) is 3.57 Å². The summed E-state index contributed by atoms with van der Waals surface area (Å²) in [6, 6.07) is 14.8. The molecule has 1 atom stereocenters. The average molecular weight is 381 g/mol. The van der Waals surface area contributed by atoms with Crippen molar-refractivity contribution >= 4 is 28.3 Å². The summed E-state index contributed by atoms with van der Waals surface area (Å²) in [6.45, 7) is 3.39. The average Bonchev–Trinajstić information content (AvgIpc) is 2.48. The van der Waals surface area contributed by atoms with Gasteiger partial charge in [0.25, 0.3) is 0 Å². The second kappa shape index (κ2) is 5.91. The van der Waals surface area contributed by atoms with Crippen molar-refractivity contribution in [3.63, 3.8) is 0 Å². The predicted molar refractivity (Wildman–Crippen MR) is 88.6 cm³/mol. The van der Waals surface area contributed by atoms with Crippen LogP contribution in [0.15, 0.2) is 42.5 Å². The lowest BCUT2D eigenvalue weighted by Gasteiger charge is -2.21. The molecule has 1 N–H and O–H groups in total. The molecule has 20 heavy (non-hydrogen) atoms. The summed E-state index contributed by atoms with van der Waals surface area (Å²) >= 11 is 2.32. The Morgan fingerprint density at radius 2 is 1.70 bits per heavy atom. The van der Waals surface area contributed by atoms with Crippen LogP contribution in [0.4, 0.5) is 5.69 Å². The summed E-state index contributed by atoms with van der Waals surface area (Å²) < 4.78 is 12.4. The maximum atomic E-state index is 5.60. The molecule has 2 aromatic carbocycles. The van der Waals surface area contributed by atoms with Gasteiger partial charge in [-0.1, -0.05) is 12.1 Å². The Morgan fingerprint density at radius 1 is 1.00 bits per heavy atom. The minimum atomic E-state index is 0.245. The van der Waals surface area contributed by atoms with Gasteiger partial charge in [0.2, 0.25) is 0 Å². The van der Waals surface area contributed by atoms with Crippen LogP contribution >= 0.6 is 22.6 Å². The fourth-order valence-electron chi connectivity index (χ4n) is 2.22. The van der Waals surface area contributed by atoms with Gasteiger partial charge in [-0.2, -0.15) is 0 Å². The molecule has 1 heterocycles. The molecule has 0 bridgehead atoms. The van der Waals surface area contributed by atoms with E-state index < -0.39 is 0 Å². The van der Waals surface area contributed by atoms with Crippen molar-refractivity contribution < 1.29 is 9.47 Å². The van der Waals surface area contributed by atoms with Gasteiger partial charge in [0, 0.05) is 21.4 Å². The number of ether oxygens (including phenoxy) is 2. The zero-order valence-electron chi connectivity index (χ0n) is 11.2. The molecule has 0 fully saturated rings. The Balaban J connectivity index is 1.75. The van der Waals surface area contributed by atoms with Gasteiger partial charge in [0.1, 0.15) is 13.2 Å². The van der Waals surface area contributed by atoms with E-state index in [-0.39, 0.29) is 6.04 Å². The zero-order valence-corrected chi connectivity index (χ0v) is 13.4. The first-order chi connectivity index (χ1) is 9.72. The molecule has 1 aliphatic rings. The molecule has 4 heteroatoms. The zero-order chi connectivity index (χ0) is 13.9. The van der Waals surface area contributed by atoms with Crippen molar-refractivity contribution in [2.24, 2.45) is 0 Å². The third kappa shape index (κ3) is 3.00.